The zero-order valence-electron chi connectivity index (χ0n) is 13.7. The average molecular weight is 352 g/mol. The maximum Gasteiger partial charge on any atom is 0.308 e. The van der Waals surface area contributed by atoms with Crippen molar-refractivity contribution in [2.75, 3.05) is 11.9 Å². The molecule has 0 unspecified atom stereocenters. The Labute approximate surface area is 148 Å². The second kappa shape index (κ2) is 6.89. The summed E-state index contributed by atoms with van der Waals surface area (Å²) in [6, 6.07) is 11.5. The molecule has 1 amide bonds. The van der Waals surface area contributed by atoms with Crippen LogP contribution >= 0.6 is 0 Å². The fraction of sp³-hybridized carbons (Fsp3) is 0.158. The number of carboxylic acids is 1. The van der Waals surface area contributed by atoms with E-state index >= 15 is 0 Å². The highest BCUT2D eigenvalue weighted by Crippen LogP contribution is 2.34. The summed E-state index contributed by atoms with van der Waals surface area (Å²) in [6.45, 7) is -0.156. The lowest BCUT2D eigenvalue weighted by molar-refractivity contribution is -0.143. The van der Waals surface area contributed by atoms with Gasteiger partial charge in [-0.25, -0.2) is 0 Å². The summed E-state index contributed by atoms with van der Waals surface area (Å²) in [4.78, 5) is 47.6. The van der Waals surface area contributed by atoms with E-state index in [0.29, 0.717) is 22.4 Å². The quantitative estimate of drug-likeness (QED) is 0.703. The lowest BCUT2D eigenvalue weighted by Crippen LogP contribution is -2.28. The van der Waals surface area contributed by atoms with Gasteiger partial charge in [-0.1, -0.05) is 30.3 Å². The lowest BCUT2D eigenvalue weighted by atomic mass is 9.84. The molecule has 0 radical (unpaired) electrons. The largest absolute Gasteiger partial charge is 0.481 e. The molecule has 4 N–H and O–H groups in total. The maximum atomic E-state index is 12.4. The van der Waals surface area contributed by atoms with E-state index in [-0.39, 0.29) is 18.5 Å². The third-order valence-electron chi connectivity index (χ3n) is 4.28. The summed E-state index contributed by atoms with van der Waals surface area (Å²) in [7, 11) is 0. The number of nitrogens with one attached hydrogen (secondary N) is 1. The smallest absolute Gasteiger partial charge is 0.308 e. The Kier molecular flexibility index (Phi) is 4.64. The molecule has 0 aromatic heterocycles. The van der Waals surface area contributed by atoms with E-state index in [2.05, 4.69) is 5.32 Å². The van der Waals surface area contributed by atoms with Gasteiger partial charge in [0.2, 0.25) is 17.5 Å². The number of nitrogens with two attached hydrogens (primary N) is 1. The second-order valence-electron chi connectivity index (χ2n) is 5.99. The van der Waals surface area contributed by atoms with Gasteiger partial charge in [0.05, 0.1) is 5.92 Å². The molecular formula is C19H16N2O5. The van der Waals surface area contributed by atoms with Crippen LogP contribution in [0.4, 0.5) is 5.69 Å². The minimum atomic E-state index is -1.15. The molecule has 3 rings (SSSR count). The highest BCUT2D eigenvalue weighted by molar-refractivity contribution is 6.53. The van der Waals surface area contributed by atoms with Crippen molar-refractivity contribution in [3.05, 3.63) is 53.6 Å². The Balaban J connectivity index is 1.88. The van der Waals surface area contributed by atoms with Crippen LogP contribution in [-0.2, 0) is 9.59 Å². The summed E-state index contributed by atoms with van der Waals surface area (Å²) in [5.74, 6) is -3.89. The number of ketones is 2. The third-order valence-corrected chi connectivity index (χ3v) is 4.28. The van der Waals surface area contributed by atoms with Crippen molar-refractivity contribution in [2.24, 2.45) is 11.7 Å². The predicted octanol–water partition coefficient (Wildman–Crippen LogP) is 1.72. The maximum absolute atomic E-state index is 12.4. The normalized spacial score (nSPS) is 13.6. The van der Waals surface area contributed by atoms with Gasteiger partial charge in [0.25, 0.3) is 0 Å². The van der Waals surface area contributed by atoms with Gasteiger partial charge in [0, 0.05) is 29.8 Å². The Morgan fingerprint density at radius 3 is 2.23 bits per heavy atom. The van der Waals surface area contributed by atoms with E-state index in [1.54, 1.807) is 36.4 Å². The van der Waals surface area contributed by atoms with Gasteiger partial charge in [-0.15, -0.1) is 0 Å². The molecule has 1 atom stereocenters. The van der Waals surface area contributed by atoms with Gasteiger partial charge in [-0.3, -0.25) is 19.2 Å². The zero-order valence-corrected chi connectivity index (χ0v) is 13.7. The molecule has 0 saturated carbocycles. The molecule has 7 heteroatoms. The standard InChI is InChI=1S/C19H16N2O5/c20-9-10(19(25)26)7-16(22)21-11-5-6-13-12-3-1-2-4-14(12)17(23)18(24)15(13)8-11/h1-6,8,10H,7,9,20H2,(H,21,22)(H,25,26)/t10-/m1/s1. The molecule has 26 heavy (non-hydrogen) atoms. The predicted molar refractivity (Wildman–Crippen MR) is 94.0 cm³/mol. The molecule has 1 aliphatic carbocycles. The van der Waals surface area contributed by atoms with Crippen LogP contribution < -0.4 is 11.1 Å². The summed E-state index contributed by atoms with van der Waals surface area (Å²) < 4.78 is 0. The number of rotatable bonds is 5. The molecule has 0 spiro atoms. The van der Waals surface area contributed by atoms with Crippen molar-refractivity contribution in [1.82, 2.24) is 0 Å². The van der Waals surface area contributed by atoms with Crippen molar-refractivity contribution < 1.29 is 24.3 Å². The zero-order chi connectivity index (χ0) is 18.8. The first kappa shape index (κ1) is 17.5. The van der Waals surface area contributed by atoms with E-state index in [1.807, 2.05) is 0 Å². The molecular weight excluding hydrogens is 336 g/mol. The molecule has 132 valence electrons. The van der Waals surface area contributed by atoms with Crippen LogP contribution in [-0.4, -0.2) is 35.1 Å². The first-order valence-electron chi connectivity index (χ1n) is 7.97. The fourth-order valence-electron chi connectivity index (χ4n) is 2.91. The number of hydrogen-bond donors (Lipinski definition) is 3. The van der Waals surface area contributed by atoms with E-state index in [4.69, 9.17) is 10.8 Å². The molecule has 0 saturated heterocycles. The third kappa shape index (κ3) is 3.12. The van der Waals surface area contributed by atoms with Gasteiger partial charge >= 0.3 is 5.97 Å². The Bertz CT molecular complexity index is 935. The van der Waals surface area contributed by atoms with Crippen LogP contribution in [0.3, 0.4) is 0 Å². The molecule has 0 aliphatic heterocycles. The van der Waals surface area contributed by atoms with Crippen LogP contribution in [0.25, 0.3) is 11.1 Å². The van der Waals surface area contributed by atoms with Gasteiger partial charge in [-0.05, 0) is 23.3 Å². The number of hydrogen-bond acceptors (Lipinski definition) is 5. The Morgan fingerprint density at radius 2 is 1.58 bits per heavy atom. The summed E-state index contributed by atoms with van der Waals surface area (Å²) in [5, 5.41) is 11.5. The number of amides is 1. The van der Waals surface area contributed by atoms with E-state index in [9.17, 15) is 19.2 Å². The van der Waals surface area contributed by atoms with Gasteiger partial charge in [0.1, 0.15) is 0 Å². The van der Waals surface area contributed by atoms with Gasteiger partial charge < -0.3 is 16.2 Å². The van der Waals surface area contributed by atoms with Crippen molar-refractivity contribution in [3.8, 4) is 11.1 Å². The van der Waals surface area contributed by atoms with Gasteiger partial charge in [0.15, 0.2) is 0 Å². The first-order chi connectivity index (χ1) is 12.4. The Hall–Kier alpha value is -3.32. The van der Waals surface area contributed by atoms with Crippen molar-refractivity contribution in [3.63, 3.8) is 0 Å². The van der Waals surface area contributed by atoms with Crippen LogP contribution in [0, 0.1) is 5.92 Å². The molecule has 1 aliphatic rings. The van der Waals surface area contributed by atoms with Crippen LogP contribution in [0.15, 0.2) is 42.5 Å². The number of fused-ring (bicyclic) bond motifs is 3. The summed E-state index contributed by atoms with van der Waals surface area (Å²) >= 11 is 0. The Morgan fingerprint density at radius 1 is 0.962 bits per heavy atom. The van der Waals surface area contributed by atoms with Gasteiger partial charge in [-0.2, -0.15) is 0 Å². The first-order valence-corrected chi connectivity index (χ1v) is 7.97. The molecule has 7 nitrogen and oxygen atoms in total. The number of carboxylic acid groups (broad SMARTS) is 1. The minimum absolute atomic E-state index is 0.156. The number of carbonyl (C=O) groups excluding carboxylic acids is 3. The average Bonchev–Trinajstić information content (AvgIpc) is 2.64. The fourth-order valence-corrected chi connectivity index (χ4v) is 2.91. The highest BCUT2D eigenvalue weighted by atomic mass is 16.4. The van der Waals surface area contributed by atoms with Crippen LogP contribution in [0.5, 0.6) is 0 Å². The molecule has 2 aromatic carbocycles. The molecule has 0 bridgehead atoms. The van der Waals surface area contributed by atoms with E-state index < -0.39 is 29.4 Å². The van der Waals surface area contributed by atoms with Crippen molar-refractivity contribution >= 4 is 29.1 Å². The molecule has 0 fully saturated rings. The van der Waals surface area contributed by atoms with Crippen LogP contribution in [0.2, 0.25) is 0 Å². The van der Waals surface area contributed by atoms with E-state index in [0.717, 1.165) is 0 Å². The molecule has 0 heterocycles. The highest BCUT2D eigenvalue weighted by Gasteiger charge is 2.30. The SMILES string of the molecule is NC[C@@H](CC(=O)Nc1ccc2c(c1)C(=O)C(=O)c1ccccc1-2)C(=O)O. The van der Waals surface area contributed by atoms with Crippen LogP contribution in [0.1, 0.15) is 27.1 Å². The topological polar surface area (TPSA) is 127 Å². The lowest BCUT2D eigenvalue weighted by Gasteiger charge is -2.19. The second-order valence-corrected chi connectivity index (χ2v) is 5.99. The summed E-state index contributed by atoms with van der Waals surface area (Å²) in [5.41, 5.74) is 7.51. The van der Waals surface area contributed by atoms with Crippen molar-refractivity contribution in [1.29, 1.82) is 0 Å². The molecule has 2 aromatic rings. The number of anilines is 1. The summed E-state index contributed by atoms with van der Waals surface area (Å²) in [6.07, 6.45) is -0.279. The number of aliphatic carboxylic acids is 1. The van der Waals surface area contributed by atoms with E-state index in [1.165, 1.54) is 6.07 Å². The minimum Gasteiger partial charge on any atom is -0.481 e. The number of Topliss-reactive ketones (excluding diaryl/α,β-unsaturated/α-hetero) is 2. The number of benzene rings is 2. The van der Waals surface area contributed by atoms with Crippen molar-refractivity contribution in [2.45, 2.75) is 6.42 Å². The number of carbonyl (C=O) groups is 4. The monoisotopic (exact) mass is 352 g/mol.